The molecule has 17 heavy (non-hydrogen) atoms. The van der Waals surface area contributed by atoms with Crippen molar-refractivity contribution in [2.24, 2.45) is 0 Å². The molecular formula is C12H16N2O3. The van der Waals surface area contributed by atoms with Gasteiger partial charge >= 0.3 is 5.97 Å². The van der Waals surface area contributed by atoms with Crippen molar-refractivity contribution in [2.45, 2.75) is 6.92 Å². The third-order valence-corrected chi connectivity index (χ3v) is 1.91. The molecule has 1 aromatic rings. The molecule has 5 heteroatoms. The van der Waals surface area contributed by atoms with Crippen molar-refractivity contribution in [3.05, 3.63) is 30.5 Å². The molecule has 92 valence electrons. The number of esters is 1. The highest BCUT2D eigenvalue weighted by Gasteiger charge is 1.94. The van der Waals surface area contributed by atoms with Gasteiger partial charge in [-0.3, -0.25) is 0 Å². The number of pyridine rings is 1. The quantitative estimate of drug-likeness (QED) is 0.600. The van der Waals surface area contributed by atoms with Crippen molar-refractivity contribution in [2.75, 3.05) is 25.6 Å². The van der Waals surface area contributed by atoms with Gasteiger partial charge in [0.2, 0.25) is 5.88 Å². The molecule has 0 aliphatic heterocycles. The zero-order valence-corrected chi connectivity index (χ0v) is 9.97. The van der Waals surface area contributed by atoms with Crippen molar-refractivity contribution in [1.82, 2.24) is 4.98 Å². The maximum atomic E-state index is 11.0. The molecule has 0 saturated heterocycles. The van der Waals surface area contributed by atoms with Gasteiger partial charge in [-0.05, 0) is 13.0 Å². The zero-order valence-electron chi connectivity index (χ0n) is 9.97. The number of carbonyl (C=O) groups excluding carboxylic acids is 1. The van der Waals surface area contributed by atoms with E-state index in [1.165, 1.54) is 6.08 Å². The van der Waals surface area contributed by atoms with E-state index in [-0.39, 0.29) is 5.97 Å². The molecule has 0 aliphatic rings. The van der Waals surface area contributed by atoms with E-state index < -0.39 is 0 Å². The monoisotopic (exact) mass is 236 g/mol. The summed E-state index contributed by atoms with van der Waals surface area (Å²) in [5.74, 6) is 0.236. The number of ether oxygens (including phenoxy) is 2. The number of methoxy groups -OCH3 is 1. The van der Waals surface area contributed by atoms with Crippen LogP contribution in [-0.2, 0) is 9.53 Å². The predicted molar refractivity (Wildman–Crippen MR) is 65.1 cm³/mol. The predicted octanol–water partition coefficient (Wildman–Crippen LogP) is 1.62. The number of carbonyl (C=O) groups is 1. The maximum Gasteiger partial charge on any atom is 0.330 e. The van der Waals surface area contributed by atoms with Gasteiger partial charge in [-0.1, -0.05) is 6.08 Å². The van der Waals surface area contributed by atoms with Crippen molar-refractivity contribution < 1.29 is 14.3 Å². The number of rotatable bonds is 6. The van der Waals surface area contributed by atoms with E-state index in [0.717, 1.165) is 5.69 Å². The fraction of sp³-hybridized carbons (Fsp3) is 0.333. The summed E-state index contributed by atoms with van der Waals surface area (Å²) in [5.41, 5.74) is 0.860. The lowest BCUT2D eigenvalue weighted by molar-refractivity contribution is -0.137. The first-order valence-electron chi connectivity index (χ1n) is 5.33. The molecule has 0 saturated carbocycles. The summed E-state index contributed by atoms with van der Waals surface area (Å²) in [7, 11) is 1.57. The second kappa shape index (κ2) is 7.27. The first kappa shape index (κ1) is 13.0. The summed E-state index contributed by atoms with van der Waals surface area (Å²) in [4.78, 5) is 15.0. The van der Waals surface area contributed by atoms with Gasteiger partial charge in [-0.15, -0.1) is 0 Å². The van der Waals surface area contributed by atoms with Crippen LogP contribution >= 0.6 is 0 Å². The van der Waals surface area contributed by atoms with E-state index in [0.29, 0.717) is 19.0 Å². The summed E-state index contributed by atoms with van der Waals surface area (Å²) in [6, 6.07) is 3.61. The number of aromatic nitrogens is 1. The van der Waals surface area contributed by atoms with Crippen LogP contribution in [0.4, 0.5) is 5.69 Å². The highest BCUT2D eigenvalue weighted by molar-refractivity contribution is 5.81. The SMILES string of the molecule is CCOC(=O)/C=C/CNc1ccc(OC)nc1. The van der Waals surface area contributed by atoms with Crippen LogP contribution in [-0.4, -0.2) is 31.2 Å². The summed E-state index contributed by atoms with van der Waals surface area (Å²) >= 11 is 0. The molecule has 1 N–H and O–H groups in total. The van der Waals surface area contributed by atoms with E-state index in [1.54, 1.807) is 32.4 Å². The topological polar surface area (TPSA) is 60.5 Å². The van der Waals surface area contributed by atoms with Crippen LogP contribution in [0.15, 0.2) is 30.5 Å². The van der Waals surface area contributed by atoms with Gasteiger partial charge in [0.15, 0.2) is 0 Å². The Balaban J connectivity index is 2.32. The van der Waals surface area contributed by atoms with Crippen LogP contribution in [0.25, 0.3) is 0 Å². The fourth-order valence-electron chi connectivity index (χ4n) is 1.13. The lowest BCUT2D eigenvalue weighted by Crippen LogP contribution is -2.02. The number of anilines is 1. The largest absolute Gasteiger partial charge is 0.481 e. The highest BCUT2D eigenvalue weighted by Crippen LogP contribution is 2.10. The van der Waals surface area contributed by atoms with Crippen LogP contribution < -0.4 is 10.1 Å². The number of nitrogens with one attached hydrogen (secondary N) is 1. The Bertz CT molecular complexity index is 374. The molecule has 0 bridgehead atoms. The molecular weight excluding hydrogens is 220 g/mol. The van der Waals surface area contributed by atoms with Gasteiger partial charge < -0.3 is 14.8 Å². The van der Waals surface area contributed by atoms with E-state index in [1.807, 2.05) is 6.07 Å². The third-order valence-electron chi connectivity index (χ3n) is 1.91. The second-order valence-corrected chi connectivity index (χ2v) is 3.12. The van der Waals surface area contributed by atoms with Gasteiger partial charge in [-0.25, -0.2) is 9.78 Å². The minimum absolute atomic E-state index is 0.331. The Hall–Kier alpha value is -2.04. The van der Waals surface area contributed by atoms with Crippen LogP contribution in [0, 0.1) is 0 Å². The normalized spacial score (nSPS) is 10.2. The minimum atomic E-state index is -0.331. The molecule has 1 rings (SSSR count). The van der Waals surface area contributed by atoms with Gasteiger partial charge in [-0.2, -0.15) is 0 Å². The molecule has 0 atom stereocenters. The maximum absolute atomic E-state index is 11.0. The average Bonchev–Trinajstić information content (AvgIpc) is 2.36. The first-order chi connectivity index (χ1) is 8.26. The molecule has 0 aromatic carbocycles. The molecule has 0 spiro atoms. The van der Waals surface area contributed by atoms with E-state index in [4.69, 9.17) is 9.47 Å². The van der Waals surface area contributed by atoms with Gasteiger partial charge in [0.25, 0.3) is 0 Å². The number of nitrogens with zero attached hydrogens (tertiary/aromatic N) is 1. The van der Waals surface area contributed by atoms with Crippen LogP contribution in [0.3, 0.4) is 0 Å². The Morgan fingerprint density at radius 1 is 1.53 bits per heavy atom. The Morgan fingerprint density at radius 3 is 2.94 bits per heavy atom. The second-order valence-electron chi connectivity index (χ2n) is 3.12. The molecule has 0 radical (unpaired) electrons. The van der Waals surface area contributed by atoms with E-state index in [9.17, 15) is 4.79 Å². The minimum Gasteiger partial charge on any atom is -0.481 e. The molecule has 0 aliphatic carbocycles. The molecule has 1 heterocycles. The summed E-state index contributed by atoms with van der Waals surface area (Å²) in [6.07, 6.45) is 4.76. The van der Waals surface area contributed by atoms with Crippen LogP contribution in [0.1, 0.15) is 6.92 Å². The number of hydrogen-bond acceptors (Lipinski definition) is 5. The number of hydrogen-bond donors (Lipinski definition) is 1. The van der Waals surface area contributed by atoms with Crippen molar-refractivity contribution in [3.63, 3.8) is 0 Å². The first-order valence-corrected chi connectivity index (χ1v) is 5.33. The Labute approximate surface area is 100 Å². The van der Waals surface area contributed by atoms with Gasteiger partial charge in [0, 0.05) is 18.7 Å². The summed E-state index contributed by atoms with van der Waals surface area (Å²) in [5, 5.41) is 3.08. The summed E-state index contributed by atoms with van der Waals surface area (Å²) in [6.45, 7) is 2.69. The summed E-state index contributed by atoms with van der Waals surface area (Å²) < 4.78 is 9.68. The fourth-order valence-corrected chi connectivity index (χ4v) is 1.13. The lowest BCUT2D eigenvalue weighted by Gasteiger charge is -2.03. The highest BCUT2D eigenvalue weighted by atomic mass is 16.5. The third kappa shape index (κ3) is 5.01. The van der Waals surface area contributed by atoms with Gasteiger partial charge in [0.1, 0.15) is 0 Å². The van der Waals surface area contributed by atoms with Crippen molar-refractivity contribution >= 4 is 11.7 Å². The smallest absolute Gasteiger partial charge is 0.330 e. The van der Waals surface area contributed by atoms with Crippen molar-refractivity contribution in [1.29, 1.82) is 0 Å². The Kier molecular flexibility index (Phi) is 5.57. The van der Waals surface area contributed by atoms with E-state index in [2.05, 4.69) is 10.3 Å². The molecule has 0 fully saturated rings. The Morgan fingerprint density at radius 2 is 2.35 bits per heavy atom. The molecule has 0 unspecified atom stereocenters. The molecule has 5 nitrogen and oxygen atoms in total. The zero-order chi connectivity index (χ0) is 12.5. The lowest BCUT2D eigenvalue weighted by atomic mass is 10.4. The van der Waals surface area contributed by atoms with Crippen molar-refractivity contribution in [3.8, 4) is 5.88 Å². The van der Waals surface area contributed by atoms with Crippen LogP contribution in [0.2, 0.25) is 0 Å². The van der Waals surface area contributed by atoms with Gasteiger partial charge in [0.05, 0.1) is 25.6 Å². The van der Waals surface area contributed by atoms with Crippen LogP contribution in [0.5, 0.6) is 5.88 Å². The van der Waals surface area contributed by atoms with E-state index >= 15 is 0 Å². The standard InChI is InChI=1S/C12H16N2O3/c1-3-17-12(15)5-4-8-13-10-6-7-11(16-2)14-9-10/h4-7,9,13H,3,8H2,1-2H3/b5-4+. The molecule has 1 aromatic heterocycles. The molecule has 0 amide bonds. The average molecular weight is 236 g/mol.